The van der Waals surface area contributed by atoms with Gasteiger partial charge in [-0.3, -0.25) is 86.5 Å². The number of nitrogens with zero attached hydrogens (tertiary/aromatic N) is 4. The second-order valence-corrected chi connectivity index (χ2v) is 33.8. The van der Waals surface area contributed by atoms with Gasteiger partial charge >= 0.3 is 17.9 Å². The maximum Gasteiger partial charge on any atom is 0.364 e. The molecule has 56 heteroatoms. The molecule has 29 N–H and O–H groups in total. The maximum atomic E-state index is 15.0. The highest BCUT2D eigenvalue weighted by atomic mass is 16.7. The summed E-state index contributed by atoms with van der Waals surface area (Å²) in [5.41, 5.74) is 14.9. The van der Waals surface area contributed by atoms with Crippen molar-refractivity contribution in [3.05, 3.63) is 20.4 Å². The Morgan fingerprint density at radius 3 is 1.65 bits per heavy atom. The van der Waals surface area contributed by atoms with Crippen LogP contribution in [0.25, 0.3) is 0 Å². The van der Waals surface area contributed by atoms with Crippen LogP contribution in [0.3, 0.4) is 0 Å². The van der Waals surface area contributed by atoms with Gasteiger partial charge in [0.25, 0.3) is 16.6 Å². The number of ether oxygens (including phenoxy) is 7. The Hall–Kier alpha value is -11.7. The fraction of sp³-hybridized carbons (Fsp3) is 0.728. The van der Waals surface area contributed by atoms with Crippen LogP contribution < -0.4 is 91.9 Å². The van der Waals surface area contributed by atoms with Crippen LogP contribution in [0.4, 0.5) is 11.4 Å². The second kappa shape index (κ2) is 53.9. The van der Waals surface area contributed by atoms with Gasteiger partial charge in [0, 0.05) is 59.4 Å². The Morgan fingerprint density at radius 1 is 0.577 bits per heavy atom. The van der Waals surface area contributed by atoms with Gasteiger partial charge in [0.15, 0.2) is 12.2 Å². The van der Waals surface area contributed by atoms with Crippen LogP contribution in [0.1, 0.15) is 126 Å². The van der Waals surface area contributed by atoms with E-state index in [0.717, 1.165) is 49.3 Å². The van der Waals surface area contributed by atoms with Gasteiger partial charge in [-0.05, 0) is 85.0 Å². The first kappa shape index (κ1) is 114. The number of rotatable bonds is 55. The molecule has 5 saturated heterocycles. The Balaban J connectivity index is 1.17. The number of nitrogen functional groups attached to an aromatic ring is 1. The minimum atomic E-state index is -3.09. The van der Waals surface area contributed by atoms with Crippen molar-refractivity contribution in [2.24, 2.45) is 22.4 Å². The number of aliphatic hydroxyl groups is 8. The number of carbonyl (C=O) groups excluding carboxylic acids is 14. The second-order valence-electron chi connectivity index (χ2n) is 33.8. The van der Waals surface area contributed by atoms with E-state index in [0.29, 0.717) is 6.42 Å². The number of hydrogen-bond acceptors (Lipinski definition) is 37. The molecule has 5 heterocycles. The van der Waals surface area contributed by atoms with Crippen molar-refractivity contribution in [2.45, 2.75) is 272 Å². The number of carbonyl (C=O) groups is 17. The zero-order valence-electron chi connectivity index (χ0n) is 76.8. The Bertz CT molecular complexity index is 4480. The average molecular weight is 1960 g/mol. The number of anilines is 2. The molecule has 0 aromatic heterocycles. The van der Waals surface area contributed by atoms with E-state index in [1.165, 1.54) is 20.8 Å². The molecule has 56 nitrogen and oxygen atoms in total. The van der Waals surface area contributed by atoms with Crippen molar-refractivity contribution < 1.29 is 171 Å². The van der Waals surface area contributed by atoms with Crippen LogP contribution in [-0.4, -0.2) is 422 Å². The van der Waals surface area contributed by atoms with E-state index in [4.69, 9.17) is 50.4 Å². The SMILES string of the molecule is CC(=O)N[C@H]1[C@@H](O[C@H](C)[C@H](NC(=O)[C@@H](NC(=O)CNC(=O)CCOCCOCCOCCNc2c(N)c(=O)c2=O)C(C)C)C(=O)N[C@@H](CO)C(=O)N[C@@H](C)C(=O)N2CCC[C@H]2C(=O)N[C@@H](CC(=O)O)C(=O)N[C@H](C(=O)N[C@@H](CCCN=C(N)N)C(=O)N2CCC[C@H]2C(=O)N[C@@H](C)C(=O)N2CCC[C@H]2C(=O)O)[C@@H](C)O)O[C@H](CO[C@]2(C(=O)O)C[C@H](O)[C@@H](NC(C)=O)[C@H]([C@H](O)[C@H](O)CO)O2)[C@H](O)[C@@H]1O. The molecule has 6 rings (SSSR count). The van der Waals surface area contributed by atoms with Crippen LogP contribution in [0.15, 0.2) is 14.6 Å². The van der Waals surface area contributed by atoms with Gasteiger partial charge in [-0.2, -0.15) is 0 Å². The number of carboxylic acid groups (broad SMARTS) is 3. The standard InChI is InChI=1S/C81H129N19O37/c1-35(2)55(95-52(109)31-87-51(108)17-23-131-25-27-133-28-26-132-24-19-85-59-54(82)63(114)64(59)115)71(121)97-57(39(6)135-78-60(91-41(8)105)65(116)62(113)50(136-78)34-134-81(79(129)130)30-48(106)58(90-40(7)104)66(137-81)61(112)49(107)33-102)73(123)94-44(32-101)68(118)88-36(3)74(124)98-20-10-15-46(98)70(120)93-43(29-53(110)111)67(117)96-56(38(5)103)72(122)92-42(13-9-18-86-80(83)84)76(126)99-21-11-14-45(99)69(119)89-37(4)75(125)100-22-12-16-47(100)77(127)128/h35-39,42-50,55-58,60-62,65-66,78,85,101-103,106-107,112-113,116H,9-34,82H2,1-8H3,(H,87,108)(H,88,118)(H,89,119)(H,90,104)(H,91,105)(H,92,122)(H,93,120)(H,94,123)(H,95,109)(H,96,117)(H,97,121)(H,110,111)(H,127,128)(H,129,130)(H4,83,84,86)/t36-,37-,38+,39+,42-,43-,44-,45-,46-,47-,48-,49+,50+,55-,56-,57-,58+,60+,61+,62-,65+,66+,78-,81+/m0/s1. The molecule has 770 valence electrons. The molecule has 137 heavy (non-hydrogen) atoms. The van der Waals surface area contributed by atoms with Crippen molar-refractivity contribution >= 4 is 118 Å². The van der Waals surface area contributed by atoms with E-state index in [2.05, 4.69) is 68.8 Å². The van der Waals surface area contributed by atoms with Crippen LogP contribution in [0.5, 0.6) is 0 Å². The van der Waals surface area contributed by atoms with E-state index >= 15 is 0 Å². The minimum Gasteiger partial charge on any atom is -0.481 e. The number of aliphatic carboxylic acids is 3. The van der Waals surface area contributed by atoms with Gasteiger partial charge in [0.05, 0.1) is 96.8 Å². The van der Waals surface area contributed by atoms with Crippen molar-refractivity contribution in [1.82, 2.24) is 73.2 Å². The number of nitrogens with one attached hydrogen (secondary N) is 12. The summed E-state index contributed by atoms with van der Waals surface area (Å²) in [6, 6.07) is -22.1. The average Bonchev–Trinajstić information content (AvgIpc) is 0.862. The molecule has 0 saturated carbocycles. The Morgan fingerprint density at radius 2 is 1.10 bits per heavy atom. The third-order valence-corrected chi connectivity index (χ3v) is 23.0. The number of aliphatic hydroxyl groups excluding tert-OH is 8. The third-order valence-electron chi connectivity index (χ3n) is 23.0. The smallest absolute Gasteiger partial charge is 0.364 e. The molecule has 0 unspecified atom stereocenters. The van der Waals surface area contributed by atoms with Crippen LogP contribution in [0.2, 0.25) is 0 Å². The Kier molecular flexibility index (Phi) is 44.9. The van der Waals surface area contributed by atoms with Crippen molar-refractivity contribution in [1.29, 1.82) is 0 Å². The summed E-state index contributed by atoms with van der Waals surface area (Å²) >= 11 is 0. The molecular formula is C81H129N19O37. The monoisotopic (exact) mass is 1960 g/mol. The molecular weight excluding hydrogens is 1830 g/mol. The lowest BCUT2D eigenvalue weighted by molar-refractivity contribution is -0.332. The fourth-order valence-electron chi connectivity index (χ4n) is 15.7. The lowest BCUT2D eigenvalue weighted by atomic mass is 9.88. The van der Waals surface area contributed by atoms with Crippen LogP contribution in [-0.2, 0) is 115 Å². The van der Waals surface area contributed by atoms with Crippen molar-refractivity contribution in [2.75, 3.05) is 110 Å². The quantitative estimate of drug-likeness (QED) is 0.0125. The lowest BCUT2D eigenvalue weighted by Crippen LogP contribution is -2.69. The largest absolute Gasteiger partial charge is 0.481 e. The van der Waals surface area contributed by atoms with Crippen molar-refractivity contribution in [3.63, 3.8) is 0 Å². The normalized spacial score (nSPS) is 24.1. The molecule has 5 aliphatic heterocycles. The predicted molar refractivity (Wildman–Crippen MR) is 466 cm³/mol. The summed E-state index contributed by atoms with van der Waals surface area (Å²) in [6.45, 7) is 5.22. The van der Waals surface area contributed by atoms with Gasteiger partial charge in [-0.15, -0.1) is 0 Å². The topological polar surface area (TPSA) is 856 Å². The highest BCUT2D eigenvalue weighted by Crippen LogP contribution is 2.36. The third kappa shape index (κ3) is 32.5. The van der Waals surface area contributed by atoms with Crippen molar-refractivity contribution in [3.8, 4) is 0 Å². The summed E-state index contributed by atoms with van der Waals surface area (Å²) < 4.78 is 39.8. The van der Waals surface area contributed by atoms with E-state index in [1.54, 1.807) is 0 Å². The van der Waals surface area contributed by atoms with E-state index in [9.17, 15) is 147 Å². The predicted octanol–water partition coefficient (Wildman–Crippen LogP) is -14.1. The number of hydrogen-bond donors (Lipinski definition) is 26. The number of amides is 14. The van der Waals surface area contributed by atoms with Gasteiger partial charge in [-0.1, -0.05) is 13.8 Å². The van der Waals surface area contributed by atoms with E-state index in [-0.39, 0.29) is 141 Å². The zero-order chi connectivity index (χ0) is 102. The molecule has 0 radical (unpaired) electrons. The zero-order valence-corrected chi connectivity index (χ0v) is 76.8. The van der Waals surface area contributed by atoms with Gasteiger partial charge in [0.2, 0.25) is 82.7 Å². The number of aliphatic imine (C=N–C) groups is 1. The number of nitrogens with two attached hydrogens (primary N) is 3. The van der Waals surface area contributed by atoms with Gasteiger partial charge < -0.3 is 185 Å². The molecule has 14 amide bonds. The maximum absolute atomic E-state index is 15.0. The molecule has 0 spiro atoms. The lowest BCUT2D eigenvalue weighted by Gasteiger charge is -2.48. The van der Waals surface area contributed by atoms with Crippen LogP contribution >= 0.6 is 0 Å². The van der Waals surface area contributed by atoms with E-state index < -0.39 is 302 Å². The first-order valence-corrected chi connectivity index (χ1v) is 44.4. The van der Waals surface area contributed by atoms with Gasteiger partial charge in [-0.25, -0.2) is 9.59 Å². The molecule has 5 fully saturated rings. The summed E-state index contributed by atoms with van der Waals surface area (Å²) in [6.07, 6.45) is -22.7. The molecule has 0 bridgehead atoms. The minimum absolute atomic E-state index is 0.00209. The molecule has 1 aromatic carbocycles. The fourth-order valence-corrected chi connectivity index (χ4v) is 15.7. The number of likely N-dealkylation sites (tertiary alicyclic amines) is 3. The highest BCUT2D eigenvalue weighted by molar-refractivity contribution is 6.01. The van der Waals surface area contributed by atoms with E-state index in [1.807, 2.05) is 0 Å². The first-order valence-electron chi connectivity index (χ1n) is 44.4. The summed E-state index contributed by atoms with van der Waals surface area (Å²) in [5, 5.41) is 146. The summed E-state index contributed by atoms with van der Waals surface area (Å²) in [7, 11) is 0. The molecule has 0 aliphatic carbocycles. The summed E-state index contributed by atoms with van der Waals surface area (Å²) in [5.74, 6) is -23.9. The molecule has 1 aromatic rings. The molecule has 5 aliphatic rings. The van der Waals surface area contributed by atoms with Gasteiger partial charge in [0.1, 0.15) is 121 Å². The molecule has 24 atom stereocenters. The van der Waals surface area contributed by atoms with Crippen LogP contribution in [0, 0.1) is 5.92 Å². The number of carboxylic acids is 3. The highest BCUT2D eigenvalue weighted by Gasteiger charge is 2.58. The Labute approximate surface area is 783 Å². The summed E-state index contributed by atoms with van der Waals surface area (Å²) in [4.78, 5) is 262. The number of guanidine groups is 1. The first-order chi connectivity index (χ1) is 64.5.